The first-order valence-corrected chi connectivity index (χ1v) is 5.49. The molecular weight excluding hydrogens is 246 g/mol. The van der Waals surface area contributed by atoms with E-state index < -0.39 is 4.92 Å². The Morgan fingerprint density at radius 1 is 1.26 bits per heavy atom. The summed E-state index contributed by atoms with van der Waals surface area (Å²) in [6.45, 7) is 0. The number of nitrogens with zero attached hydrogens (tertiary/aromatic N) is 2. The fourth-order valence-electron chi connectivity index (χ4n) is 1.34. The topological polar surface area (TPSA) is 80.7 Å². The van der Waals surface area contributed by atoms with E-state index in [1.54, 1.807) is 42.8 Å². The van der Waals surface area contributed by atoms with Crippen molar-refractivity contribution in [2.24, 2.45) is 5.10 Å². The fraction of sp³-hybridized carbons (Fsp3) is 0. The molecule has 1 heterocycles. The van der Waals surface area contributed by atoms with Crippen molar-refractivity contribution in [3.63, 3.8) is 0 Å². The molecule has 0 fully saturated rings. The lowest BCUT2D eigenvalue weighted by atomic mass is 10.3. The maximum absolute atomic E-state index is 10.5. The number of allylic oxidation sites excluding steroid dienone is 1. The van der Waals surface area contributed by atoms with E-state index in [-0.39, 0.29) is 5.69 Å². The van der Waals surface area contributed by atoms with E-state index in [0.717, 1.165) is 5.76 Å². The van der Waals surface area contributed by atoms with E-state index in [1.807, 2.05) is 6.07 Å². The molecule has 1 N–H and O–H groups in total. The zero-order chi connectivity index (χ0) is 13.5. The lowest BCUT2D eigenvalue weighted by Crippen LogP contribution is -1.90. The van der Waals surface area contributed by atoms with Gasteiger partial charge in [0.1, 0.15) is 5.76 Å². The van der Waals surface area contributed by atoms with Crippen LogP contribution in [0.5, 0.6) is 0 Å². The Labute approximate surface area is 109 Å². The van der Waals surface area contributed by atoms with E-state index in [1.165, 1.54) is 12.1 Å². The highest BCUT2D eigenvalue weighted by Crippen LogP contribution is 2.15. The summed E-state index contributed by atoms with van der Waals surface area (Å²) in [4.78, 5) is 10.0. The van der Waals surface area contributed by atoms with Crippen LogP contribution in [0.25, 0.3) is 6.08 Å². The number of rotatable bonds is 5. The molecule has 0 saturated heterocycles. The van der Waals surface area contributed by atoms with Gasteiger partial charge in [-0.1, -0.05) is 0 Å². The number of furan rings is 1. The highest BCUT2D eigenvalue weighted by molar-refractivity contribution is 5.78. The third kappa shape index (κ3) is 3.81. The minimum atomic E-state index is -0.445. The normalized spacial score (nSPS) is 11.2. The van der Waals surface area contributed by atoms with Crippen molar-refractivity contribution in [3.05, 3.63) is 64.6 Å². The number of hydrogen-bond acceptors (Lipinski definition) is 5. The Kier molecular flexibility index (Phi) is 4.07. The molecule has 0 unspecified atom stereocenters. The van der Waals surface area contributed by atoms with Gasteiger partial charge in [-0.3, -0.25) is 15.5 Å². The summed E-state index contributed by atoms with van der Waals surface area (Å²) >= 11 is 0. The third-order valence-corrected chi connectivity index (χ3v) is 2.24. The molecule has 0 aliphatic rings. The first kappa shape index (κ1) is 12.6. The average Bonchev–Trinajstić information content (AvgIpc) is 2.92. The van der Waals surface area contributed by atoms with Crippen molar-refractivity contribution in [2.45, 2.75) is 0 Å². The Hall–Kier alpha value is -2.89. The van der Waals surface area contributed by atoms with Gasteiger partial charge in [-0.05, 0) is 36.4 Å². The SMILES string of the molecule is O=[N+]([O-])c1ccc(NN=C/C=C/c2ccco2)cc1. The molecule has 0 saturated carbocycles. The van der Waals surface area contributed by atoms with Crippen molar-refractivity contribution >= 4 is 23.7 Å². The number of anilines is 1. The summed E-state index contributed by atoms with van der Waals surface area (Å²) in [6, 6.07) is 9.63. The quantitative estimate of drug-likeness (QED) is 0.506. The number of benzene rings is 1. The molecule has 0 atom stereocenters. The van der Waals surface area contributed by atoms with Crippen LogP contribution in [0.4, 0.5) is 11.4 Å². The van der Waals surface area contributed by atoms with Gasteiger partial charge in [0, 0.05) is 18.3 Å². The molecule has 0 bridgehead atoms. The summed E-state index contributed by atoms with van der Waals surface area (Å²) in [7, 11) is 0. The second-order valence-electron chi connectivity index (χ2n) is 3.57. The number of hydrazone groups is 1. The predicted molar refractivity (Wildman–Crippen MR) is 73.0 cm³/mol. The third-order valence-electron chi connectivity index (χ3n) is 2.24. The molecule has 1 aromatic heterocycles. The van der Waals surface area contributed by atoms with Crippen molar-refractivity contribution in [3.8, 4) is 0 Å². The fourth-order valence-corrected chi connectivity index (χ4v) is 1.34. The predicted octanol–water partition coefficient (Wildman–Crippen LogP) is 3.30. The minimum absolute atomic E-state index is 0.0484. The molecule has 2 rings (SSSR count). The second-order valence-corrected chi connectivity index (χ2v) is 3.57. The lowest BCUT2D eigenvalue weighted by molar-refractivity contribution is -0.384. The second kappa shape index (κ2) is 6.15. The van der Waals surface area contributed by atoms with Gasteiger partial charge in [-0.25, -0.2) is 0 Å². The minimum Gasteiger partial charge on any atom is -0.465 e. The first-order chi connectivity index (χ1) is 9.25. The number of hydrogen-bond donors (Lipinski definition) is 1. The van der Waals surface area contributed by atoms with Gasteiger partial charge in [-0.2, -0.15) is 5.10 Å². The van der Waals surface area contributed by atoms with E-state index in [0.29, 0.717) is 5.69 Å². The molecule has 1 aromatic carbocycles. The summed E-state index contributed by atoms with van der Waals surface area (Å²) in [5, 5.41) is 14.4. The first-order valence-electron chi connectivity index (χ1n) is 5.49. The molecule has 0 spiro atoms. The van der Waals surface area contributed by atoms with Crippen LogP contribution in [0, 0.1) is 10.1 Å². The summed E-state index contributed by atoms with van der Waals surface area (Å²) in [5.74, 6) is 0.738. The lowest BCUT2D eigenvalue weighted by Gasteiger charge is -1.97. The molecule has 19 heavy (non-hydrogen) atoms. The Bertz CT molecular complexity index is 586. The van der Waals surface area contributed by atoms with Gasteiger partial charge >= 0.3 is 0 Å². The van der Waals surface area contributed by atoms with Gasteiger partial charge in [0.15, 0.2) is 0 Å². The van der Waals surface area contributed by atoms with Gasteiger partial charge in [0.05, 0.1) is 16.9 Å². The zero-order valence-corrected chi connectivity index (χ0v) is 9.89. The Morgan fingerprint density at radius 2 is 2.05 bits per heavy atom. The van der Waals surface area contributed by atoms with Crippen LogP contribution in [-0.2, 0) is 0 Å². The van der Waals surface area contributed by atoms with E-state index in [2.05, 4.69) is 10.5 Å². The summed E-state index contributed by atoms with van der Waals surface area (Å²) in [6.07, 6.45) is 6.63. The molecule has 0 radical (unpaired) electrons. The Morgan fingerprint density at radius 3 is 2.68 bits per heavy atom. The van der Waals surface area contributed by atoms with Crippen LogP contribution < -0.4 is 5.43 Å². The van der Waals surface area contributed by atoms with Crippen molar-refractivity contribution in [1.82, 2.24) is 0 Å². The van der Waals surface area contributed by atoms with Crippen molar-refractivity contribution in [1.29, 1.82) is 0 Å². The van der Waals surface area contributed by atoms with E-state index in [4.69, 9.17) is 4.42 Å². The maximum Gasteiger partial charge on any atom is 0.269 e. The van der Waals surface area contributed by atoms with E-state index >= 15 is 0 Å². The van der Waals surface area contributed by atoms with Crippen LogP contribution in [0.15, 0.2) is 58.3 Å². The van der Waals surface area contributed by atoms with Crippen LogP contribution >= 0.6 is 0 Å². The van der Waals surface area contributed by atoms with Crippen molar-refractivity contribution in [2.75, 3.05) is 5.43 Å². The highest BCUT2D eigenvalue weighted by Gasteiger charge is 2.02. The number of nitro groups is 1. The summed E-state index contributed by atoms with van der Waals surface area (Å²) in [5.41, 5.74) is 3.48. The average molecular weight is 257 g/mol. The van der Waals surface area contributed by atoms with Crippen LogP contribution in [0.1, 0.15) is 5.76 Å². The molecule has 0 aliphatic heterocycles. The van der Waals surface area contributed by atoms with Gasteiger partial charge in [-0.15, -0.1) is 0 Å². The van der Waals surface area contributed by atoms with Gasteiger partial charge < -0.3 is 4.42 Å². The highest BCUT2D eigenvalue weighted by atomic mass is 16.6. The Balaban J connectivity index is 1.86. The maximum atomic E-state index is 10.5. The monoisotopic (exact) mass is 257 g/mol. The van der Waals surface area contributed by atoms with Crippen LogP contribution in [0.2, 0.25) is 0 Å². The largest absolute Gasteiger partial charge is 0.465 e. The van der Waals surface area contributed by atoms with Crippen molar-refractivity contribution < 1.29 is 9.34 Å². The molecule has 2 aromatic rings. The molecule has 6 heteroatoms. The summed E-state index contributed by atoms with van der Waals surface area (Å²) < 4.78 is 5.10. The van der Waals surface area contributed by atoms with Gasteiger partial charge in [0.25, 0.3) is 5.69 Å². The zero-order valence-electron chi connectivity index (χ0n) is 9.89. The van der Waals surface area contributed by atoms with Crippen LogP contribution in [0.3, 0.4) is 0 Å². The number of non-ortho nitro benzene ring substituents is 1. The molecule has 0 amide bonds. The van der Waals surface area contributed by atoms with Gasteiger partial charge in [0.2, 0.25) is 0 Å². The standard InChI is InChI=1S/C13H11N3O3/c17-16(18)12-7-5-11(6-8-12)15-14-9-1-3-13-4-2-10-19-13/h1-10,15H/b3-1+,14-9?. The number of nitro benzene ring substituents is 1. The van der Waals surface area contributed by atoms with E-state index in [9.17, 15) is 10.1 Å². The van der Waals surface area contributed by atoms with Crippen LogP contribution in [-0.4, -0.2) is 11.1 Å². The molecule has 96 valence electrons. The molecular formula is C13H11N3O3. The smallest absolute Gasteiger partial charge is 0.269 e. The number of nitrogens with one attached hydrogen (secondary N) is 1. The molecule has 6 nitrogen and oxygen atoms in total. The molecule has 0 aliphatic carbocycles.